The molecule has 1 aromatic heterocycles. The van der Waals surface area contributed by atoms with Gasteiger partial charge >= 0.3 is 5.97 Å². The number of carbonyl (C=O) groups excluding carboxylic acids is 2. The Labute approximate surface area is 166 Å². The molecule has 7 nitrogen and oxygen atoms in total. The zero-order valence-corrected chi connectivity index (χ0v) is 16.9. The molecule has 0 fully saturated rings. The molecule has 0 aliphatic carbocycles. The Morgan fingerprint density at radius 1 is 1.29 bits per heavy atom. The van der Waals surface area contributed by atoms with Crippen molar-refractivity contribution in [2.24, 2.45) is 7.05 Å². The van der Waals surface area contributed by atoms with Crippen molar-refractivity contribution in [2.45, 2.75) is 33.4 Å². The summed E-state index contributed by atoms with van der Waals surface area (Å²) in [5, 5.41) is 7.09. The second kappa shape index (κ2) is 10.4. The Hall–Kier alpha value is -2.93. The van der Waals surface area contributed by atoms with E-state index in [9.17, 15) is 9.59 Å². The van der Waals surface area contributed by atoms with Crippen LogP contribution in [0.2, 0.25) is 0 Å². The molecule has 0 atom stereocenters. The number of anilines is 1. The topological polar surface area (TPSA) is 76.5 Å². The molecule has 2 aromatic rings. The number of nitrogens with zero attached hydrogens (tertiary/aromatic N) is 3. The van der Waals surface area contributed by atoms with Gasteiger partial charge in [0.2, 0.25) is 5.91 Å². The summed E-state index contributed by atoms with van der Waals surface area (Å²) in [6.07, 6.45) is 6.83. The van der Waals surface area contributed by atoms with Crippen LogP contribution in [-0.4, -0.2) is 45.8 Å². The summed E-state index contributed by atoms with van der Waals surface area (Å²) < 4.78 is 6.60. The number of aromatic nitrogens is 2. The smallest absolute Gasteiger partial charge is 0.330 e. The monoisotopic (exact) mass is 384 g/mol. The molecule has 0 saturated carbocycles. The van der Waals surface area contributed by atoms with Crippen LogP contribution in [0.5, 0.6) is 0 Å². The van der Waals surface area contributed by atoms with Crippen LogP contribution in [0.3, 0.4) is 0 Å². The minimum atomic E-state index is -0.373. The van der Waals surface area contributed by atoms with E-state index in [2.05, 4.69) is 29.2 Å². The van der Waals surface area contributed by atoms with E-state index in [1.54, 1.807) is 17.7 Å². The van der Waals surface area contributed by atoms with E-state index in [0.717, 1.165) is 11.1 Å². The number of aryl methyl sites for hydroxylation is 1. The van der Waals surface area contributed by atoms with E-state index in [0.29, 0.717) is 18.8 Å². The quantitative estimate of drug-likeness (QED) is 0.531. The van der Waals surface area contributed by atoms with Crippen molar-refractivity contribution in [1.82, 2.24) is 14.7 Å². The first kappa shape index (κ1) is 21.4. The first-order chi connectivity index (χ1) is 13.4. The summed E-state index contributed by atoms with van der Waals surface area (Å²) in [6, 6.07) is 7.51. The lowest BCUT2D eigenvalue weighted by Gasteiger charge is -2.25. The molecular weight excluding hydrogens is 356 g/mol. The second-order valence-electron chi connectivity index (χ2n) is 6.78. The minimum absolute atomic E-state index is 0.0765. The van der Waals surface area contributed by atoms with Gasteiger partial charge in [-0.1, -0.05) is 12.1 Å². The van der Waals surface area contributed by atoms with Crippen molar-refractivity contribution in [2.75, 3.05) is 18.5 Å². The van der Waals surface area contributed by atoms with E-state index in [4.69, 9.17) is 4.74 Å². The van der Waals surface area contributed by atoms with E-state index in [1.807, 2.05) is 43.7 Å². The maximum Gasteiger partial charge on any atom is 0.330 e. The van der Waals surface area contributed by atoms with Crippen molar-refractivity contribution in [3.05, 3.63) is 53.9 Å². The van der Waals surface area contributed by atoms with Gasteiger partial charge in [0.15, 0.2) is 0 Å². The maximum absolute atomic E-state index is 12.4. The lowest BCUT2D eigenvalue weighted by atomic mass is 10.2. The van der Waals surface area contributed by atoms with E-state index in [-0.39, 0.29) is 24.5 Å². The fourth-order valence-corrected chi connectivity index (χ4v) is 2.63. The zero-order chi connectivity index (χ0) is 20.5. The van der Waals surface area contributed by atoms with Crippen molar-refractivity contribution in [3.63, 3.8) is 0 Å². The number of rotatable bonds is 9. The molecule has 1 heterocycles. The van der Waals surface area contributed by atoms with Gasteiger partial charge in [0.1, 0.15) is 0 Å². The molecular formula is C21H28N4O3. The highest BCUT2D eigenvalue weighted by Crippen LogP contribution is 2.12. The minimum Gasteiger partial charge on any atom is -0.463 e. The second-order valence-corrected chi connectivity index (χ2v) is 6.78. The lowest BCUT2D eigenvalue weighted by molar-refractivity contribution is -0.137. The Balaban J connectivity index is 1.91. The summed E-state index contributed by atoms with van der Waals surface area (Å²) >= 11 is 0. The summed E-state index contributed by atoms with van der Waals surface area (Å²) in [6.45, 7) is 7.19. The van der Waals surface area contributed by atoms with Crippen LogP contribution in [0.15, 0.2) is 42.7 Å². The van der Waals surface area contributed by atoms with Crippen LogP contribution in [-0.2, 0) is 27.9 Å². The molecule has 2 rings (SSSR count). The predicted molar refractivity (Wildman–Crippen MR) is 109 cm³/mol. The number of hydrogen-bond donors (Lipinski definition) is 1. The highest BCUT2D eigenvalue weighted by atomic mass is 16.5. The fourth-order valence-electron chi connectivity index (χ4n) is 2.63. The van der Waals surface area contributed by atoms with Crippen LogP contribution in [0.4, 0.5) is 5.69 Å². The van der Waals surface area contributed by atoms with Crippen LogP contribution < -0.4 is 5.32 Å². The van der Waals surface area contributed by atoms with Gasteiger partial charge in [0.05, 0.1) is 19.3 Å². The van der Waals surface area contributed by atoms with Gasteiger partial charge in [0.25, 0.3) is 0 Å². The Morgan fingerprint density at radius 3 is 2.57 bits per heavy atom. The molecule has 1 aromatic carbocycles. The third-order valence-electron chi connectivity index (χ3n) is 4.11. The highest BCUT2D eigenvalue weighted by molar-refractivity contribution is 5.92. The predicted octanol–water partition coefficient (Wildman–Crippen LogP) is 2.85. The van der Waals surface area contributed by atoms with Crippen molar-refractivity contribution < 1.29 is 14.3 Å². The molecule has 0 bridgehead atoms. The van der Waals surface area contributed by atoms with Crippen LogP contribution in [0.1, 0.15) is 31.9 Å². The Morgan fingerprint density at radius 2 is 2.00 bits per heavy atom. The average Bonchev–Trinajstić information content (AvgIpc) is 3.05. The average molecular weight is 384 g/mol. The van der Waals surface area contributed by atoms with E-state index in [1.165, 1.54) is 6.08 Å². The van der Waals surface area contributed by atoms with Crippen LogP contribution in [0.25, 0.3) is 6.08 Å². The van der Waals surface area contributed by atoms with Gasteiger partial charge in [-0.2, -0.15) is 5.10 Å². The molecule has 0 spiro atoms. The number of hydrogen-bond acceptors (Lipinski definition) is 5. The van der Waals surface area contributed by atoms with Crippen molar-refractivity contribution >= 4 is 23.6 Å². The Kier molecular flexibility index (Phi) is 7.95. The fraction of sp³-hybridized carbons (Fsp3) is 0.381. The SMILES string of the molecule is CCOC(=O)C=Cc1ccc(NC(=O)CN(Cc2cnn(C)c2)C(C)C)cc1. The first-order valence-electron chi connectivity index (χ1n) is 9.33. The largest absolute Gasteiger partial charge is 0.463 e. The molecule has 7 heteroatoms. The Bertz CT molecular complexity index is 809. The third kappa shape index (κ3) is 7.00. The standard InChI is InChI=1S/C21H28N4O3/c1-5-28-21(27)11-8-17-6-9-19(10-7-17)23-20(26)15-25(16(2)3)14-18-12-22-24(4)13-18/h6-13,16H,5,14-15H2,1-4H3,(H,23,26). The molecule has 0 aliphatic heterocycles. The molecule has 0 radical (unpaired) electrons. The van der Waals surface area contributed by atoms with Gasteiger partial charge in [0, 0.05) is 43.2 Å². The van der Waals surface area contributed by atoms with Gasteiger partial charge in [-0.3, -0.25) is 14.4 Å². The van der Waals surface area contributed by atoms with E-state index >= 15 is 0 Å². The van der Waals surface area contributed by atoms with Crippen molar-refractivity contribution in [3.8, 4) is 0 Å². The number of benzene rings is 1. The number of nitrogens with one attached hydrogen (secondary N) is 1. The lowest BCUT2D eigenvalue weighted by Crippen LogP contribution is -2.37. The van der Waals surface area contributed by atoms with Gasteiger partial charge < -0.3 is 10.1 Å². The third-order valence-corrected chi connectivity index (χ3v) is 4.11. The molecule has 28 heavy (non-hydrogen) atoms. The van der Waals surface area contributed by atoms with Crippen LogP contribution in [0, 0.1) is 0 Å². The summed E-state index contributed by atoms with van der Waals surface area (Å²) in [7, 11) is 1.88. The highest BCUT2D eigenvalue weighted by Gasteiger charge is 2.15. The summed E-state index contributed by atoms with van der Waals surface area (Å²) in [4.78, 5) is 25.9. The van der Waals surface area contributed by atoms with Gasteiger partial charge in [-0.05, 0) is 44.5 Å². The summed E-state index contributed by atoms with van der Waals surface area (Å²) in [5.74, 6) is -0.449. The zero-order valence-electron chi connectivity index (χ0n) is 16.9. The molecule has 150 valence electrons. The maximum atomic E-state index is 12.4. The number of ether oxygens (including phenoxy) is 1. The summed E-state index contributed by atoms with van der Waals surface area (Å²) in [5.41, 5.74) is 2.64. The number of esters is 1. The molecule has 0 aliphatic rings. The van der Waals surface area contributed by atoms with Gasteiger partial charge in [-0.15, -0.1) is 0 Å². The molecule has 1 N–H and O–H groups in total. The number of carbonyl (C=O) groups is 2. The first-order valence-corrected chi connectivity index (χ1v) is 9.33. The van der Waals surface area contributed by atoms with Crippen LogP contribution >= 0.6 is 0 Å². The normalized spacial score (nSPS) is 11.4. The molecule has 0 unspecified atom stereocenters. The number of amides is 1. The molecule has 1 amide bonds. The van der Waals surface area contributed by atoms with Crippen molar-refractivity contribution in [1.29, 1.82) is 0 Å². The molecule has 0 saturated heterocycles. The van der Waals surface area contributed by atoms with Gasteiger partial charge in [-0.25, -0.2) is 4.79 Å². The van der Waals surface area contributed by atoms with E-state index < -0.39 is 0 Å².